The van der Waals surface area contributed by atoms with Crippen LogP contribution in [0.15, 0.2) is 36.8 Å². The number of carbonyl (C=O) groups is 1. The van der Waals surface area contributed by atoms with Gasteiger partial charge >= 0.3 is 0 Å². The van der Waals surface area contributed by atoms with Gasteiger partial charge in [0.25, 0.3) is 5.91 Å². The zero-order valence-corrected chi connectivity index (χ0v) is 15.6. The third kappa shape index (κ3) is 2.65. The van der Waals surface area contributed by atoms with E-state index >= 15 is 0 Å². The van der Waals surface area contributed by atoms with Crippen molar-refractivity contribution in [1.29, 1.82) is 0 Å². The second kappa shape index (κ2) is 6.42. The molecule has 0 spiro atoms. The smallest absolute Gasteiger partial charge is 0.262 e. The summed E-state index contributed by atoms with van der Waals surface area (Å²) in [6.07, 6.45) is 5.29. The van der Waals surface area contributed by atoms with Crippen molar-refractivity contribution >= 4 is 11.7 Å². The van der Waals surface area contributed by atoms with Crippen LogP contribution in [0.1, 0.15) is 27.7 Å². The van der Waals surface area contributed by atoms with Crippen LogP contribution in [-0.2, 0) is 11.3 Å². The Bertz CT molecular complexity index is 1070. The molecule has 0 bridgehead atoms. The highest BCUT2D eigenvalue weighted by Gasteiger charge is 2.34. The van der Waals surface area contributed by atoms with Gasteiger partial charge in [-0.15, -0.1) is 0 Å². The lowest BCUT2D eigenvalue weighted by Gasteiger charge is -2.26. The van der Waals surface area contributed by atoms with Crippen LogP contribution in [0.5, 0.6) is 5.75 Å². The number of pyridine rings is 2. The molecule has 1 saturated heterocycles. The average Bonchev–Trinajstić information content (AvgIpc) is 3.25. The van der Waals surface area contributed by atoms with Crippen LogP contribution in [0.4, 0.5) is 5.82 Å². The first kappa shape index (κ1) is 16.9. The molecular formula is C20H19N5O3. The van der Waals surface area contributed by atoms with Crippen molar-refractivity contribution in [3.05, 3.63) is 53.6 Å². The number of anilines is 1. The molecule has 8 nitrogen and oxygen atoms in total. The van der Waals surface area contributed by atoms with Gasteiger partial charge in [-0.3, -0.25) is 24.3 Å². The monoisotopic (exact) mass is 377 g/mol. The van der Waals surface area contributed by atoms with Gasteiger partial charge < -0.3 is 9.47 Å². The minimum absolute atomic E-state index is 0.0644. The van der Waals surface area contributed by atoms with Crippen molar-refractivity contribution in [2.75, 3.05) is 25.2 Å². The number of ether oxygens (including phenoxy) is 2. The molecule has 2 aliphatic heterocycles. The van der Waals surface area contributed by atoms with Gasteiger partial charge in [-0.05, 0) is 24.6 Å². The Morgan fingerprint density at radius 1 is 1.25 bits per heavy atom. The standard InChI is InChI=1S/C20H19N5O3/c1-12-5-16(13-6-15(27-2)8-21-7-13)22-17-9-24(20(26)19(12)17)18-3-4-25(23-18)14-10-28-11-14/h3-8,14H,9-11H2,1-2H3. The molecule has 5 rings (SSSR count). The Morgan fingerprint density at radius 3 is 2.86 bits per heavy atom. The number of aromatic nitrogens is 4. The van der Waals surface area contributed by atoms with E-state index in [9.17, 15) is 4.79 Å². The van der Waals surface area contributed by atoms with Crippen LogP contribution in [0, 0.1) is 6.92 Å². The summed E-state index contributed by atoms with van der Waals surface area (Å²) in [5.74, 6) is 1.24. The topological polar surface area (TPSA) is 82.4 Å². The highest BCUT2D eigenvalue weighted by atomic mass is 16.5. The molecule has 28 heavy (non-hydrogen) atoms. The Labute approximate surface area is 161 Å². The Balaban J connectivity index is 1.48. The van der Waals surface area contributed by atoms with Gasteiger partial charge in [0.15, 0.2) is 5.82 Å². The number of rotatable bonds is 4. The lowest BCUT2D eigenvalue weighted by Crippen LogP contribution is -2.31. The molecule has 5 heterocycles. The molecule has 0 aromatic carbocycles. The number of aryl methyl sites for hydroxylation is 1. The summed E-state index contributed by atoms with van der Waals surface area (Å²) in [5, 5.41) is 4.57. The summed E-state index contributed by atoms with van der Waals surface area (Å²) < 4.78 is 12.3. The second-order valence-electron chi connectivity index (χ2n) is 7.00. The van der Waals surface area contributed by atoms with E-state index in [0.717, 1.165) is 22.5 Å². The van der Waals surface area contributed by atoms with E-state index in [4.69, 9.17) is 14.5 Å². The summed E-state index contributed by atoms with van der Waals surface area (Å²) in [6.45, 7) is 3.66. The van der Waals surface area contributed by atoms with E-state index < -0.39 is 0 Å². The van der Waals surface area contributed by atoms with Crippen LogP contribution >= 0.6 is 0 Å². The molecule has 0 N–H and O–H groups in total. The van der Waals surface area contributed by atoms with E-state index in [0.29, 0.717) is 36.9 Å². The Kier molecular flexibility index (Phi) is 3.87. The molecule has 1 amide bonds. The number of hydrogen-bond donors (Lipinski definition) is 0. The third-order valence-corrected chi connectivity index (χ3v) is 5.17. The minimum atomic E-state index is -0.0644. The molecule has 1 fully saturated rings. The van der Waals surface area contributed by atoms with Gasteiger partial charge in [0.05, 0.1) is 56.1 Å². The van der Waals surface area contributed by atoms with Gasteiger partial charge in [-0.2, -0.15) is 5.10 Å². The van der Waals surface area contributed by atoms with Crippen LogP contribution < -0.4 is 9.64 Å². The number of methoxy groups -OCH3 is 1. The summed E-state index contributed by atoms with van der Waals surface area (Å²) in [4.78, 5) is 23.6. The highest BCUT2D eigenvalue weighted by molar-refractivity contribution is 6.10. The molecule has 0 atom stereocenters. The molecular weight excluding hydrogens is 358 g/mol. The fraction of sp³-hybridized carbons (Fsp3) is 0.300. The number of nitrogens with zero attached hydrogens (tertiary/aromatic N) is 5. The summed E-state index contributed by atoms with van der Waals surface area (Å²) in [5.41, 5.74) is 3.92. The van der Waals surface area contributed by atoms with Gasteiger partial charge in [-0.25, -0.2) is 0 Å². The summed E-state index contributed by atoms with van der Waals surface area (Å²) in [7, 11) is 1.60. The highest BCUT2D eigenvalue weighted by Crippen LogP contribution is 2.32. The largest absolute Gasteiger partial charge is 0.495 e. The zero-order chi connectivity index (χ0) is 19.3. The van der Waals surface area contributed by atoms with E-state index in [2.05, 4.69) is 10.1 Å². The second-order valence-corrected chi connectivity index (χ2v) is 7.00. The maximum atomic E-state index is 13.0. The van der Waals surface area contributed by atoms with Gasteiger partial charge in [0.2, 0.25) is 0 Å². The Morgan fingerprint density at radius 2 is 2.11 bits per heavy atom. The lowest BCUT2D eigenvalue weighted by molar-refractivity contribution is -0.0285. The molecule has 3 aromatic rings. The quantitative estimate of drug-likeness (QED) is 0.694. The molecule has 0 radical (unpaired) electrons. The van der Waals surface area contributed by atoms with Crippen LogP contribution in [0.2, 0.25) is 0 Å². The molecule has 8 heteroatoms. The van der Waals surface area contributed by atoms with E-state index in [1.54, 1.807) is 24.4 Å². The molecule has 2 aliphatic rings. The maximum absolute atomic E-state index is 13.0. The maximum Gasteiger partial charge on any atom is 0.262 e. The predicted octanol–water partition coefficient (Wildman–Crippen LogP) is 2.39. The first-order valence-corrected chi connectivity index (χ1v) is 9.09. The fourth-order valence-electron chi connectivity index (χ4n) is 3.56. The summed E-state index contributed by atoms with van der Waals surface area (Å²) >= 11 is 0. The van der Waals surface area contributed by atoms with Crippen LogP contribution in [-0.4, -0.2) is 46.0 Å². The van der Waals surface area contributed by atoms with Gasteiger partial charge in [0.1, 0.15) is 5.75 Å². The first-order chi connectivity index (χ1) is 13.6. The number of carbonyl (C=O) groups excluding carboxylic acids is 1. The number of amides is 1. The van der Waals surface area contributed by atoms with Crippen molar-refractivity contribution in [3.63, 3.8) is 0 Å². The molecule has 0 aliphatic carbocycles. The first-order valence-electron chi connectivity index (χ1n) is 9.09. The van der Waals surface area contributed by atoms with E-state index in [1.165, 1.54) is 0 Å². The van der Waals surface area contributed by atoms with Gasteiger partial charge in [-0.1, -0.05) is 0 Å². The number of fused-ring (bicyclic) bond motifs is 1. The predicted molar refractivity (Wildman–Crippen MR) is 101 cm³/mol. The fourth-order valence-corrected chi connectivity index (χ4v) is 3.56. The van der Waals surface area contributed by atoms with E-state index in [-0.39, 0.29) is 11.9 Å². The SMILES string of the molecule is COc1cncc(-c2cc(C)c3c(n2)CN(c2ccn(C4COC4)n2)C3=O)c1. The molecule has 0 saturated carbocycles. The van der Waals surface area contributed by atoms with Crippen molar-refractivity contribution in [2.24, 2.45) is 0 Å². The van der Waals surface area contributed by atoms with Crippen molar-refractivity contribution < 1.29 is 14.3 Å². The normalized spacial score (nSPS) is 16.2. The molecule has 142 valence electrons. The van der Waals surface area contributed by atoms with E-state index in [1.807, 2.05) is 36.0 Å². The lowest BCUT2D eigenvalue weighted by atomic mass is 10.1. The Hall–Kier alpha value is -3.26. The molecule has 3 aromatic heterocycles. The minimum Gasteiger partial charge on any atom is -0.495 e. The summed E-state index contributed by atoms with van der Waals surface area (Å²) in [6, 6.07) is 5.92. The van der Waals surface area contributed by atoms with Crippen molar-refractivity contribution in [2.45, 2.75) is 19.5 Å². The average molecular weight is 377 g/mol. The number of hydrogen-bond acceptors (Lipinski definition) is 6. The van der Waals surface area contributed by atoms with Crippen molar-refractivity contribution in [3.8, 4) is 17.0 Å². The molecule has 0 unspecified atom stereocenters. The van der Waals surface area contributed by atoms with Crippen LogP contribution in [0.3, 0.4) is 0 Å². The zero-order valence-electron chi connectivity index (χ0n) is 15.6. The van der Waals surface area contributed by atoms with Crippen LogP contribution in [0.25, 0.3) is 11.3 Å². The third-order valence-electron chi connectivity index (χ3n) is 5.17. The van der Waals surface area contributed by atoms with Gasteiger partial charge in [0, 0.05) is 24.0 Å². The van der Waals surface area contributed by atoms with Crippen molar-refractivity contribution in [1.82, 2.24) is 19.7 Å².